The van der Waals surface area contributed by atoms with Gasteiger partial charge in [0.25, 0.3) is 0 Å². The number of nitrogens with zero attached hydrogens (tertiary/aromatic N) is 2. The van der Waals surface area contributed by atoms with Crippen LogP contribution in [0.2, 0.25) is 0 Å². The molecule has 20 heavy (non-hydrogen) atoms. The summed E-state index contributed by atoms with van der Waals surface area (Å²) in [5.41, 5.74) is 2.59. The second-order valence-electron chi connectivity index (χ2n) is 5.24. The number of carboxylic acids is 1. The Morgan fingerprint density at radius 3 is 3.10 bits per heavy atom. The lowest BCUT2D eigenvalue weighted by molar-refractivity contribution is 0.0696. The van der Waals surface area contributed by atoms with E-state index in [9.17, 15) is 4.79 Å². The van der Waals surface area contributed by atoms with Crippen molar-refractivity contribution in [2.45, 2.75) is 18.9 Å². The zero-order chi connectivity index (χ0) is 13.9. The number of rotatable bonds is 4. The van der Waals surface area contributed by atoms with Crippen LogP contribution in [-0.2, 0) is 6.54 Å². The van der Waals surface area contributed by atoms with E-state index in [2.05, 4.69) is 15.1 Å². The quantitative estimate of drug-likeness (QED) is 0.893. The third-order valence-electron chi connectivity index (χ3n) is 3.81. The van der Waals surface area contributed by atoms with Crippen molar-refractivity contribution in [2.75, 3.05) is 13.1 Å². The number of carbonyl (C=O) groups is 1. The molecule has 0 saturated carbocycles. The summed E-state index contributed by atoms with van der Waals surface area (Å²) in [6.07, 6.45) is 2.90. The third kappa shape index (κ3) is 2.72. The highest BCUT2D eigenvalue weighted by Gasteiger charge is 2.24. The fraction of sp³-hybridized carbons (Fsp3) is 0.333. The van der Waals surface area contributed by atoms with Gasteiger partial charge in [0.05, 0.1) is 5.56 Å². The molecule has 2 aromatic rings. The molecule has 1 aromatic carbocycles. The number of H-pyrrole nitrogens is 1. The zero-order valence-electron chi connectivity index (χ0n) is 11.1. The van der Waals surface area contributed by atoms with Crippen LogP contribution in [0.1, 0.15) is 34.0 Å². The number of aromatic carboxylic acids is 1. The predicted molar refractivity (Wildman–Crippen MR) is 74.6 cm³/mol. The number of likely N-dealkylation sites (tertiary alicyclic amines) is 1. The minimum absolute atomic E-state index is 0.354. The Balaban J connectivity index is 1.64. The average molecular weight is 271 g/mol. The van der Waals surface area contributed by atoms with Gasteiger partial charge < -0.3 is 5.11 Å². The summed E-state index contributed by atoms with van der Waals surface area (Å²) in [5, 5.41) is 16.0. The van der Waals surface area contributed by atoms with Crippen LogP contribution in [0.15, 0.2) is 36.5 Å². The molecule has 0 amide bonds. The fourth-order valence-corrected chi connectivity index (χ4v) is 2.79. The van der Waals surface area contributed by atoms with Crippen LogP contribution in [-0.4, -0.2) is 39.3 Å². The third-order valence-corrected chi connectivity index (χ3v) is 3.81. The molecule has 1 fully saturated rings. The number of benzene rings is 1. The summed E-state index contributed by atoms with van der Waals surface area (Å²) in [7, 11) is 0. The molecule has 1 unspecified atom stereocenters. The molecular weight excluding hydrogens is 254 g/mol. The van der Waals surface area contributed by atoms with Gasteiger partial charge >= 0.3 is 5.97 Å². The van der Waals surface area contributed by atoms with Gasteiger partial charge in [0.1, 0.15) is 0 Å². The van der Waals surface area contributed by atoms with E-state index >= 15 is 0 Å². The van der Waals surface area contributed by atoms with E-state index in [0.29, 0.717) is 11.5 Å². The molecule has 1 saturated heterocycles. The molecule has 3 rings (SSSR count). The average Bonchev–Trinajstić information content (AvgIpc) is 3.09. The molecule has 1 atom stereocenters. The van der Waals surface area contributed by atoms with Crippen LogP contribution >= 0.6 is 0 Å². The van der Waals surface area contributed by atoms with Crippen LogP contribution in [0.3, 0.4) is 0 Å². The first-order valence-electron chi connectivity index (χ1n) is 6.76. The second kappa shape index (κ2) is 5.46. The lowest BCUT2D eigenvalue weighted by atomic mass is 10.1. The topological polar surface area (TPSA) is 69.2 Å². The lowest BCUT2D eigenvalue weighted by Crippen LogP contribution is -2.20. The van der Waals surface area contributed by atoms with Crippen molar-refractivity contribution in [3.63, 3.8) is 0 Å². The van der Waals surface area contributed by atoms with Crippen molar-refractivity contribution in [3.8, 4) is 0 Å². The molecule has 2 N–H and O–H groups in total. The van der Waals surface area contributed by atoms with Crippen molar-refractivity contribution in [1.82, 2.24) is 15.1 Å². The highest BCUT2D eigenvalue weighted by molar-refractivity contribution is 5.87. The van der Waals surface area contributed by atoms with E-state index in [1.807, 2.05) is 12.1 Å². The van der Waals surface area contributed by atoms with Crippen molar-refractivity contribution in [3.05, 3.63) is 53.3 Å². The van der Waals surface area contributed by atoms with Gasteiger partial charge in [-0.25, -0.2) is 4.79 Å². The smallest absolute Gasteiger partial charge is 0.335 e. The number of hydrogen-bond acceptors (Lipinski definition) is 3. The summed E-state index contributed by atoms with van der Waals surface area (Å²) in [6, 6.07) is 9.20. The second-order valence-corrected chi connectivity index (χ2v) is 5.24. The number of aromatic nitrogens is 2. The normalized spacial score (nSPS) is 19.3. The zero-order valence-corrected chi connectivity index (χ0v) is 11.1. The summed E-state index contributed by atoms with van der Waals surface area (Å²) in [6.45, 7) is 2.81. The van der Waals surface area contributed by atoms with Crippen LogP contribution in [0.25, 0.3) is 0 Å². The van der Waals surface area contributed by atoms with E-state index < -0.39 is 5.97 Å². The van der Waals surface area contributed by atoms with Gasteiger partial charge in [-0.1, -0.05) is 12.1 Å². The van der Waals surface area contributed by atoms with Crippen molar-refractivity contribution < 1.29 is 9.90 Å². The van der Waals surface area contributed by atoms with E-state index in [4.69, 9.17) is 5.11 Å². The number of nitrogens with one attached hydrogen (secondary N) is 1. The maximum absolute atomic E-state index is 11.0. The molecule has 2 heterocycles. The number of hydrogen-bond donors (Lipinski definition) is 2. The Morgan fingerprint density at radius 2 is 2.35 bits per heavy atom. The monoisotopic (exact) mass is 271 g/mol. The molecule has 1 aromatic heterocycles. The van der Waals surface area contributed by atoms with E-state index in [-0.39, 0.29) is 0 Å². The Hall–Kier alpha value is -2.14. The lowest BCUT2D eigenvalue weighted by Gasteiger charge is -2.16. The van der Waals surface area contributed by atoms with E-state index in [1.165, 1.54) is 5.69 Å². The summed E-state index contributed by atoms with van der Waals surface area (Å²) >= 11 is 0. The largest absolute Gasteiger partial charge is 0.478 e. The van der Waals surface area contributed by atoms with Crippen LogP contribution < -0.4 is 0 Å². The number of carboxylic acid groups (broad SMARTS) is 1. The Morgan fingerprint density at radius 1 is 1.45 bits per heavy atom. The highest BCUT2D eigenvalue weighted by atomic mass is 16.4. The predicted octanol–water partition coefficient (Wildman–Crippen LogP) is 2.10. The minimum atomic E-state index is -0.872. The molecule has 0 spiro atoms. The van der Waals surface area contributed by atoms with E-state index in [0.717, 1.165) is 31.6 Å². The van der Waals surface area contributed by atoms with Crippen molar-refractivity contribution >= 4 is 5.97 Å². The maximum atomic E-state index is 11.0. The minimum Gasteiger partial charge on any atom is -0.478 e. The van der Waals surface area contributed by atoms with Gasteiger partial charge in [-0.3, -0.25) is 10.00 Å². The first kappa shape index (κ1) is 12.9. The highest BCUT2D eigenvalue weighted by Crippen LogP contribution is 2.26. The molecule has 5 nitrogen and oxygen atoms in total. The van der Waals surface area contributed by atoms with Crippen LogP contribution in [0.5, 0.6) is 0 Å². The molecule has 0 radical (unpaired) electrons. The Labute approximate surface area is 117 Å². The van der Waals surface area contributed by atoms with Gasteiger partial charge in [-0.2, -0.15) is 5.10 Å². The van der Waals surface area contributed by atoms with Gasteiger partial charge in [0.2, 0.25) is 0 Å². The van der Waals surface area contributed by atoms with Gasteiger partial charge in [-0.15, -0.1) is 0 Å². The van der Waals surface area contributed by atoms with Gasteiger partial charge in [0.15, 0.2) is 0 Å². The summed E-state index contributed by atoms with van der Waals surface area (Å²) < 4.78 is 0. The van der Waals surface area contributed by atoms with Gasteiger partial charge in [0, 0.05) is 30.9 Å². The molecular formula is C15H17N3O2. The number of aromatic amines is 1. The van der Waals surface area contributed by atoms with Gasteiger partial charge in [-0.05, 0) is 36.7 Å². The first-order valence-corrected chi connectivity index (χ1v) is 6.76. The standard InChI is InChI=1S/C15H17N3O2/c19-15(20)12-3-1-2-11(8-12)9-18-7-5-13(10-18)14-4-6-16-17-14/h1-4,6,8,13H,5,7,9-10H2,(H,16,17)(H,19,20). The summed E-state index contributed by atoms with van der Waals surface area (Å²) in [4.78, 5) is 13.3. The maximum Gasteiger partial charge on any atom is 0.335 e. The molecule has 0 bridgehead atoms. The van der Waals surface area contributed by atoms with E-state index in [1.54, 1.807) is 24.4 Å². The Kier molecular flexibility index (Phi) is 3.52. The molecule has 5 heteroatoms. The fourth-order valence-electron chi connectivity index (χ4n) is 2.79. The van der Waals surface area contributed by atoms with Crippen LogP contribution in [0.4, 0.5) is 0 Å². The first-order chi connectivity index (χ1) is 9.72. The Bertz CT molecular complexity index is 595. The SMILES string of the molecule is O=C(O)c1cccc(CN2CCC(c3ccn[nH]3)C2)c1. The van der Waals surface area contributed by atoms with Crippen molar-refractivity contribution in [2.24, 2.45) is 0 Å². The molecule has 0 aliphatic carbocycles. The summed E-state index contributed by atoms with van der Waals surface area (Å²) in [5.74, 6) is -0.372. The van der Waals surface area contributed by atoms with Crippen LogP contribution in [0, 0.1) is 0 Å². The molecule has 104 valence electrons. The van der Waals surface area contributed by atoms with Crippen molar-refractivity contribution in [1.29, 1.82) is 0 Å². The molecule has 1 aliphatic rings. The molecule has 1 aliphatic heterocycles.